The van der Waals surface area contributed by atoms with Crippen LogP contribution in [0.25, 0.3) is 17.4 Å². The van der Waals surface area contributed by atoms with Gasteiger partial charge in [0.05, 0.1) is 5.02 Å². The Balaban J connectivity index is 1.77. The van der Waals surface area contributed by atoms with Gasteiger partial charge >= 0.3 is 0 Å². The molecule has 0 amide bonds. The lowest BCUT2D eigenvalue weighted by Crippen LogP contribution is -1.93. The lowest BCUT2D eigenvalue weighted by atomic mass is 10.1. The molecule has 0 unspecified atom stereocenters. The van der Waals surface area contributed by atoms with E-state index < -0.39 is 0 Å². The van der Waals surface area contributed by atoms with Gasteiger partial charge in [0.1, 0.15) is 11.5 Å². The molecule has 3 aromatic rings. The first-order chi connectivity index (χ1) is 11.1. The van der Waals surface area contributed by atoms with Crippen LogP contribution in [0.4, 0.5) is 0 Å². The Bertz CT molecular complexity index is 857. The van der Waals surface area contributed by atoms with Crippen LogP contribution in [0.2, 0.25) is 5.02 Å². The summed E-state index contributed by atoms with van der Waals surface area (Å²) in [5.41, 5.74) is 2.62. The highest BCUT2D eigenvalue weighted by atomic mass is 35.5. The van der Waals surface area contributed by atoms with E-state index in [1.165, 1.54) is 6.08 Å². The molecule has 0 fully saturated rings. The fourth-order valence-electron chi connectivity index (χ4n) is 2.22. The molecule has 2 aromatic carbocycles. The normalized spacial score (nSPS) is 11.0. The molecule has 3 heteroatoms. The summed E-state index contributed by atoms with van der Waals surface area (Å²) < 4.78 is 5.73. The maximum atomic E-state index is 12.1. The van der Waals surface area contributed by atoms with E-state index in [-0.39, 0.29) is 5.78 Å². The summed E-state index contributed by atoms with van der Waals surface area (Å²) in [5.74, 6) is 1.24. The number of ketones is 1. The molecule has 0 radical (unpaired) electrons. The van der Waals surface area contributed by atoms with Gasteiger partial charge < -0.3 is 4.42 Å². The molecule has 1 aromatic heterocycles. The number of carbonyl (C=O) groups is 1. The van der Waals surface area contributed by atoms with Crippen molar-refractivity contribution >= 4 is 23.5 Å². The van der Waals surface area contributed by atoms with Crippen LogP contribution >= 0.6 is 11.6 Å². The summed E-state index contributed by atoms with van der Waals surface area (Å²) in [6.07, 6.45) is 3.18. The van der Waals surface area contributed by atoms with E-state index in [9.17, 15) is 4.79 Å². The first kappa shape index (κ1) is 15.3. The highest BCUT2D eigenvalue weighted by Gasteiger charge is 2.07. The largest absolute Gasteiger partial charge is 0.457 e. The molecule has 114 valence electrons. The van der Waals surface area contributed by atoms with Gasteiger partial charge in [-0.25, -0.2) is 0 Å². The zero-order valence-corrected chi connectivity index (χ0v) is 13.4. The van der Waals surface area contributed by atoms with Gasteiger partial charge in [-0.3, -0.25) is 4.79 Å². The van der Waals surface area contributed by atoms with E-state index in [0.29, 0.717) is 22.1 Å². The van der Waals surface area contributed by atoms with Gasteiger partial charge in [0.15, 0.2) is 5.78 Å². The van der Waals surface area contributed by atoms with Crippen LogP contribution in [-0.4, -0.2) is 5.78 Å². The summed E-state index contributed by atoms with van der Waals surface area (Å²) in [4.78, 5) is 12.1. The van der Waals surface area contributed by atoms with Crippen LogP contribution in [0.1, 0.15) is 21.7 Å². The molecule has 0 aliphatic carbocycles. The Morgan fingerprint density at radius 2 is 1.74 bits per heavy atom. The highest BCUT2D eigenvalue weighted by Crippen LogP contribution is 2.29. The van der Waals surface area contributed by atoms with Gasteiger partial charge in [-0.15, -0.1) is 0 Å². The van der Waals surface area contributed by atoms with Crippen molar-refractivity contribution in [1.29, 1.82) is 0 Å². The van der Waals surface area contributed by atoms with Gasteiger partial charge in [0.2, 0.25) is 0 Å². The van der Waals surface area contributed by atoms with Crippen molar-refractivity contribution < 1.29 is 9.21 Å². The maximum absolute atomic E-state index is 12.1. The van der Waals surface area contributed by atoms with Crippen molar-refractivity contribution in [3.05, 3.63) is 88.6 Å². The molecular formula is C20H15ClO2. The predicted octanol–water partition coefficient (Wildman–Crippen LogP) is 5.80. The van der Waals surface area contributed by atoms with Crippen molar-refractivity contribution in [2.24, 2.45) is 0 Å². The number of furan rings is 1. The third-order valence-corrected chi connectivity index (χ3v) is 3.83. The Hall–Kier alpha value is -2.58. The SMILES string of the molecule is Cc1ccc(C(=O)C=Cc2ccc(-c3ccccc3Cl)o2)cc1. The van der Waals surface area contributed by atoms with E-state index in [1.807, 2.05) is 67.6 Å². The van der Waals surface area contributed by atoms with Crippen molar-refractivity contribution in [1.82, 2.24) is 0 Å². The standard InChI is InChI=1S/C20H15ClO2/c1-14-6-8-15(9-7-14)19(22)12-10-16-11-13-20(23-16)17-4-2-3-5-18(17)21/h2-13H,1H3. The number of allylic oxidation sites excluding steroid dienone is 1. The average Bonchev–Trinajstić information content (AvgIpc) is 3.02. The van der Waals surface area contributed by atoms with Crippen LogP contribution in [0.15, 0.2) is 71.2 Å². The van der Waals surface area contributed by atoms with Crippen molar-refractivity contribution in [2.45, 2.75) is 6.92 Å². The van der Waals surface area contributed by atoms with Crippen LogP contribution < -0.4 is 0 Å². The number of rotatable bonds is 4. The molecule has 0 saturated heterocycles. The highest BCUT2D eigenvalue weighted by molar-refractivity contribution is 6.33. The Kier molecular flexibility index (Phi) is 4.45. The summed E-state index contributed by atoms with van der Waals surface area (Å²) in [7, 11) is 0. The molecule has 1 heterocycles. The minimum atomic E-state index is -0.0549. The molecule has 0 aliphatic heterocycles. The molecule has 0 atom stereocenters. The van der Waals surface area contributed by atoms with E-state index in [0.717, 1.165) is 11.1 Å². The first-order valence-electron chi connectivity index (χ1n) is 7.27. The second kappa shape index (κ2) is 6.67. The lowest BCUT2D eigenvalue weighted by Gasteiger charge is -1.99. The lowest BCUT2D eigenvalue weighted by molar-refractivity contribution is 0.104. The fourth-order valence-corrected chi connectivity index (χ4v) is 2.45. The molecule has 0 spiro atoms. The quantitative estimate of drug-likeness (QED) is 0.448. The summed E-state index contributed by atoms with van der Waals surface area (Å²) >= 11 is 6.16. The van der Waals surface area contributed by atoms with E-state index in [1.54, 1.807) is 6.08 Å². The molecule has 0 aliphatic rings. The third kappa shape index (κ3) is 3.61. The maximum Gasteiger partial charge on any atom is 0.185 e. The molecular weight excluding hydrogens is 308 g/mol. The van der Waals surface area contributed by atoms with Crippen LogP contribution in [-0.2, 0) is 0 Å². The Morgan fingerprint density at radius 3 is 2.48 bits per heavy atom. The van der Waals surface area contributed by atoms with E-state index in [2.05, 4.69) is 0 Å². The van der Waals surface area contributed by atoms with Crippen molar-refractivity contribution in [3.8, 4) is 11.3 Å². The summed E-state index contributed by atoms with van der Waals surface area (Å²) in [6.45, 7) is 1.99. The minimum absolute atomic E-state index is 0.0549. The average molecular weight is 323 g/mol. The predicted molar refractivity (Wildman–Crippen MR) is 93.7 cm³/mol. The van der Waals surface area contributed by atoms with Crippen LogP contribution in [0.3, 0.4) is 0 Å². The molecule has 0 saturated carbocycles. The van der Waals surface area contributed by atoms with Gasteiger partial charge in [-0.1, -0.05) is 53.6 Å². The van der Waals surface area contributed by atoms with Gasteiger partial charge in [-0.2, -0.15) is 0 Å². The van der Waals surface area contributed by atoms with Crippen LogP contribution in [0, 0.1) is 6.92 Å². The first-order valence-corrected chi connectivity index (χ1v) is 7.65. The zero-order chi connectivity index (χ0) is 16.2. The monoisotopic (exact) mass is 322 g/mol. The van der Waals surface area contributed by atoms with Crippen molar-refractivity contribution in [3.63, 3.8) is 0 Å². The number of benzene rings is 2. The van der Waals surface area contributed by atoms with E-state index >= 15 is 0 Å². The Morgan fingerprint density at radius 1 is 1.00 bits per heavy atom. The number of aryl methyl sites for hydroxylation is 1. The molecule has 3 rings (SSSR count). The molecule has 23 heavy (non-hydrogen) atoms. The summed E-state index contributed by atoms with van der Waals surface area (Å²) in [5, 5.41) is 0.633. The number of halogens is 1. The van der Waals surface area contributed by atoms with Crippen molar-refractivity contribution in [2.75, 3.05) is 0 Å². The number of hydrogen-bond donors (Lipinski definition) is 0. The Labute approximate surface area is 140 Å². The van der Waals surface area contributed by atoms with Crippen LogP contribution in [0.5, 0.6) is 0 Å². The number of hydrogen-bond acceptors (Lipinski definition) is 2. The topological polar surface area (TPSA) is 30.2 Å². The third-order valence-electron chi connectivity index (χ3n) is 3.50. The molecule has 0 N–H and O–H groups in total. The molecule has 0 bridgehead atoms. The second-order valence-corrected chi connectivity index (χ2v) is 5.65. The zero-order valence-electron chi connectivity index (χ0n) is 12.6. The van der Waals surface area contributed by atoms with Gasteiger partial charge in [0.25, 0.3) is 0 Å². The van der Waals surface area contributed by atoms with Gasteiger partial charge in [0, 0.05) is 11.1 Å². The fraction of sp³-hybridized carbons (Fsp3) is 0.0500. The molecule has 2 nitrogen and oxygen atoms in total. The minimum Gasteiger partial charge on any atom is -0.457 e. The second-order valence-electron chi connectivity index (χ2n) is 5.25. The van der Waals surface area contributed by atoms with Gasteiger partial charge in [-0.05, 0) is 43.3 Å². The summed E-state index contributed by atoms with van der Waals surface area (Å²) in [6, 6.07) is 18.6. The number of carbonyl (C=O) groups excluding carboxylic acids is 1. The van der Waals surface area contributed by atoms with E-state index in [4.69, 9.17) is 16.0 Å². The smallest absolute Gasteiger partial charge is 0.185 e.